The van der Waals surface area contributed by atoms with Crippen LogP contribution in [0.15, 0.2) is 59.1 Å². The molecule has 1 aliphatic rings. The van der Waals surface area contributed by atoms with Crippen molar-refractivity contribution in [3.8, 4) is 0 Å². The Balaban J connectivity index is 1.47. The van der Waals surface area contributed by atoms with Crippen LogP contribution in [0.2, 0.25) is 0 Å². The van der Waals surface area contributed by atoms with Crippen molar-refractivity contribution >= 4 is 5.91 Å². The molecule has 1 saturated carbocycles. The van der Waals surface area contributed by atoms with Gasteiger partial charge in [0.15, 0.2) is 5.82 Å². The first-order chi connectivity index (χ1) is 12.2. The van der Waals surface area contributed by atoms with Gasteiger partial charge >= 0.3 is 0 Å². The Morgan fingerprint density at radius 1 is 1.16 bits per heavy atom. The lowest BCUT2D eigenvalue weighted by atomic mass is 9.96. The summed E-state index contributed by atoms with van der Waals surface area (Å²) in [7, 11) is 0. The molecule has 1 aromatic heterocycles. The third kappa shape index (κ3) is 3.03. The minimum Gasteiger partial charge on any atom is -0.345 e. The highest BCUT2D eigenvalue weighted by Crippen LogP contribution is 2.52. The Bertz CT molecular complexity index is 904. The fourth-order valence-corrected chi connectivity index (χ4v) is 2.91. The van der Waals surface area contributed by atoms with Crippen LogP contribution in [0.4, 0.5) is 4.39 Å². The molecule has 5 nitrogen and oxygen atoms in total. The van der Waals surface area contributed by atoms with E-state index in [9.17, 15) is 9.18 Å². The first kappa shape index (κ1) is 15.5. The van der Waals surface area contributed by atoms with Gasteiger partial charge in [-0.15, -0.1) is 0 Å². The number of rotatable bonds is 5. The lowest BCUT2D eigenvalue weighted by molar-refractivity contribution is 0.0949. The molecule has 25 heavy (non-hydrogen) atoms. The molecule has 0 bridgehead atoms. The number of carbonyl (C=O) groups is 1. The predicted octanol–water partition coefficient (Wildman–Crippen LogP) is 3.22. The molecule has 3 aromatic rings. The Morgan fingerprint density at radius 2 is 1.96 bits per heavy atom. The number of hydrogen-bond donors (Lipinski definition) is 1. The van der Waals surface area contributed by atoms with Crippen LogP contribution in [-0.2, 0) is 12.0 Å². The summed E-state index contributed by atoms with van der Waals surface area (Å²) < 4.78 is 18.9. The van der Waals surface area contributed by atoms with Gasteiger partial charge in [0.1, 0.15) is 5.82 Å². The summed E-state index contributed by atoms with van der Waals surface area (Å²) in [5, 5.41) is 6.71. The second-order valence-corrected chi connectivity index (χ2v) is 6.16. The molecule has 0 unspecified atom stereocenters. The van der Waals surface area contributed by atoms with Crippen LogP contribution in [0, 0.1) is 5.82 Å². The highest BCUT2D eigenvalue weighted by atomic mass is 19.1. The van der Waals surface area contributed by atoms with E-state index in [2.05, 4.69) is 15.5 Å². The lowest BCUT2D eigenvalue weighted by Gasteiger charge is -2.10. The van der Waals surface area contributed by atoms with E-state index in [4.69, 9.17) is 4.52 Å². The van der Waals surface area contributed by atoms with E-state index in [1.807, 2.05) is 12.1 Å². The van der Waals surface area contributed by atoms with E-state index >= 15 is 0 Å². The number of amides is 1. The highest BCUT2D eigenvalue weighted by molar-refractivity contribution is 5.93. The summed E-state index contributed by atoms with van der Waals surface area (Å²) in [6, 6.07) is 15.4. The summed E-state index contributed by atoms with van der Waals surface area (Å²) in [5.41, 5.74) is 1.03. The third-order valence-corrected chi connectivity index (χ3v) is 4.45. The second-order valence-electron chi connectivity index (χ2n) is 6.16. The molecule has 6 heteroatoms. The normalized spacial score (nSPS) is 14.9. The van der Waals surface area contributed by atoms with E-state index in [0.29, 0.717) is 17.3 Å². The van der Waals surface area contributed by atoms with Gasteiger partial charge in [-0.25, -0.2) is 4.39 Å². The van der Waals surface area contributed by atoms with Crippen molar-refractivity contribution in [1.29, 1.82) is 0 Å². The van der Waals surface area contributed by atoms with Crippen LogP contribution in [-0.4, -0.2) is 16.0 Å². The van der Waals surface area contributed by atoms with Crippen LogP contribution in [0.1, 0.15) is 40.5 Å². The van der Waals surface area contributed by atoms with Crippen LogP contribution in [0.3, 0.4) is 0 Å². The Kier molecular flexibility index (Phi) is 3.80. The van der Waals surface area contributed by atoms with Crippen LogP contribution in [0.25, 0.3) is 0 Å². The van der Waals surface area contributed by atoms with Gasteiger partial charge in [0.05, 0.1) is 12.0 Å². The van der Waals surface area contributed by atoms with Crippen molar-refractivity contribution in [2.75, 3.05) is 0 Å². The van der Waals surface area contributed by atoms with Gasteiger partial charge in [-0.3, -0.25) is 4.79 Å². The zero-order chi connectivity index (χ0) is 17.3. The Morgan fingerprint density at radius 3 is 2.68 bits per heavy atom. The summed E-state index contributed by atoms with van der Waals surface area (Å²) in [6.07, 6.45) is 1.68. The number of hydrogen-bond acceptors (Lipinski definition) is 4. The van der Waals surface area contributed by atoms with Crippen LogP contribution in [0.5, 0.6) is 0 Å². The number of halogens is 1. The second kappa shape index (κ2) is 6.12. The quantitative estimate of drug-likeness (QED) is 0.776. The van der Waals surface area contributed by atoms with E-state index in [-0.39, 0.29) is 18.3 Å². The first-order valence-corrected chi connectivity index (χ1v) is 8.10. The van der Waals surface area contributed by atoms with Crippen molar-refractivity contribution in [2.24, 2.45) is 0 Å². The maximum atomic E-state index is 13.5. The van der Waals surface area contributed by atoms with Crippen LogP contribution >= 0.6 is 0 Å². The van der Waals surface area contributed by atoms with Crippen molar-refractivity contribution in [2.45, 2.75) is 24.8 Å². The fourth-order valence-electron chi connectivity index (χ4n) is 2.91. The number of nitrogens with one attached hydrogen (secondary N) is 1. The smallest absolute Gasteiger partial charge is 0.251 e. The number of nitrogens with zero attached hydrogens (tertiary/aromatic N) is 2. The third-order valence-electron chi connectivity index (χ3n) is 4.45. The average Bonchev–Trinajstić information content (AvgIpc) is 3.32. The van der Waals surface area contributed by atoms with Crippen molar-refractivity contribution in [3.05, 3.63) is 83.3 Å². The first-order valence-electron chi connectivity index (χ1n) is 8.10. The largest absolute Gasteiger partial charge is 0.345 e. The van der Waals surface area contributed by atoms with Gasteiger partial charge in [-0.05, 0) is 42.7 Å². The summed E-state index contributed by atoms with van der Waals surface area (Å²) in [5.74, 6) is 0.404. The van der Waals surface area contributed by atoms with Gasteiger partial charge < -0.3 is 9.84 Å². The molecule has 0 saturated heterocycles. The average molecular weight is 337 g/mol. The minimum atomic E-state index is -0.392. The summed E-state index contributed by atoms with van der Waals surface area (Å²) in [4.78, 5) is 16.5. The molecule has 2 aromatic carbocycles. The lowest BCUT2D eigenvalue weighted by Crippen LogP contribution is -2.23. The monoisotopic (exact) mass is 337 g/mol. The van der Waals surface area contributed by atoms with Gasteiger partial charge in [0.25, 0.3) is 5.91 Å². The molecule has 1 N–H and O–H groups in total. The molecule has 0 spiro atoms. The van der Waals surface area contributed by atoms with Crippen molar-refractivity contribution in [3.63, 3.8) is 0 Å². The molecular formula is C19H16FN3O2. The molecule has 0 atom stereocenters. The number of aromatic nitrogens is 2. The molecular weight excluding hydrogens is 321 g/mol. The van der Waals surface area contributed by atoms with E-state index < -0.39 is 5.41 Å². The van der Waals surface area contributed by atoms with Gasteiger partial charge in [0, 0.05) is 5.56 Å². The molecule has 1 aliphatic carbocycles. The molecule has 1 heterocycles. The number of benzene rings is 2. The number of carbonyl (C=O) groups excluding carboxylic acids is 1. The predicted molar refractivity (Wildman–Crippen MR) is 88.3 cm³/mol. The highest BCUT2D eigenvalue weighted by Gasteiger charge is 2.51. The topological polar surface area (TPSA) is 68.0 Å². The molecule has 0 aliphatic heterocycles. The van der Waals surface area contributed by atoms with Crippen LogP contribution < -0.4 is 5.32 Å². The SMILES string of the molecule is O=C(NCc1noc(C2(c3cccc(F)c3)CC2)n1)c1ccccc1. The van der Waals surface area contributed by atoms with Gasteiger partial charge in [0.2, 0.25) is 5.89 Å². The van der Waals surface area contributed by atoms with E-state index in [0.717, 1.165) is 18.4 Å². The maximum Gasteiger partial charge on any atom is 0.251 e. The maximum absolute atomic E-state index is 13.5. The standard InChI is InChI=1S/C19H16FN3O2/c20-15-8-4-7-14(11-15)19(9-10-19)18-22-16(23-25-18)12-21-17(24)13-5-2-1-3-6-13/h1-8,11H,9-10,12H2,(H,21,24). The molecule has 0 radical (unpaired) electrons. The molecule has 1 amide bonds. The van der Waals surface area contributed by atoms with E-state index in [1.54, 1.807) is 30.3 Å². The van der Waals surface area contributed by atoms with E-state index in [1.165, 1.54) is 12.1 Å². The molecule has 1 fully saturated rings. The Hall–Kier alpha value is -3.02. The molecule has 126 valence electrons. The van der Waals surface area contributed by atoms with Crippen molar-refractivity contribution < 1.29 is 13.7 Å². The van der Waals surface area contributed by atoms with Crippen molar-refractivity contribution in [1.82, 2.24) is 15.5 Å². The summed E-state index contributed by atoms with van der Waals surface area (Å²) in [6.45, 7) is 0.177. The minimum absolute atomic E-state index is 0.177. The Labute approximate surface area is 143 Å². The van der Waals surface area contributed by atoms with Gasteiger partial charge in [-0.1, -0.05) is 35.5 Å². The van der Waals surface area contributed by atoms with Gasteiger partial charge in [-0.2, -0.15) is 4.98 Å². The molecule has 4 rings (SSSR count). The fraction of sp³-hybridized carbons (Fsp3) is 0.211. The zero-order valence-corrected chi connectivity index (χ0v) is 13.4. The zero-order valence-electron chi connectivity index (χ0n) is 13.4. The summed E-state index contributed by atoms with van der Waals surface area (Å²) >= 11 is 0.